The minimum atomic E-state index is -3.60. The largest absolute Gasteiger partial charge is 0.449 e. The number of nitrogens with one attached hydrogen (secondary N) is 1. The molecule has 1 N–H and O–H groups in total. The van der Waals surface area contributed by atoms with Crippen LogP contribution >= 0.6 is 11.6 Å². The number of esters is 1. The van der Waals surface area contributed by atoms with E-state index in [1.807, 2.05) is 0 Å². The highest BCUT2D eigenvalue weighted by atomic mass is 35.5. The first kappa shape index (κ1) is 19.9. The van der Waals surface area contributed by atoms with Crippen LogP contribution < -0.4 is 5.32 Å². The highest BCUT2D eigenvalue weighted by Crippen LogP contribution is 2.17. The Morgan fingerprint density at radius 2 is 1.73 bits per heavy atom. The van der Waals surface area contributed by atoms with Gasteiger partial charge in [0.05, 0.1) is 10.5 Å². The fourth-order valence-electron chi connectivity index (χ4n) is 2.20. The first-order valence-corrected chi connectivity index (χ1v) is 9.98. The molecule has 26 heavy (non-hydrogen) atoms. The van der Waals surface area contributed by atoms with Gasteiger partial charge in [0, 0.05) is 17.8 Å². The molecule has 1 atom stereocenters. The molecule has 0 aliphatic rings. The fourth-order valence-corrected chi connectivity index (χ4v) is 3.28. The third kappa shape index (κ3) is 5.06. The van der Waals surface area contributed by atoms with Gasteiger partial charge in [-0.1, -0.05) is 41.9 Å². The third-order valence-electron chi connectivity index (χ3n) is 3.57. The van der Waals surface area contributed by atoms with Crippen molar-refractivity contribution in [3.8, 4) is 0 Å². The number of carbonyl (C=O) groups is 2. The predicted octanol–water partition coefficient (Wildman–Crippen LogP) is 2.61. The number of carbonyl (C=O) groups excluding carboxylic acids is 2. The molecule has 0 bridgehead atoms. The molecule has 0 saturated carbocycles. The van der Waals surface area contributed by atoms with Gasteiger partial charge in [0.15, 0.2) is 15.9 Å². The lowest BCUT2D eigenvalue weighted by molar-refractivity contribution is -0.129. The van der Waals surface area contributed by atoms with Crippen LogP contribution in [0, 0.1) is 0 Å². The predicted molar refractivity (Wildman–Crippen MR) is 97.7 cm³/mol. The SMILES string of the molecule is C[C@@H](OC(=O)c1ccccc1S(C)(=O)=O)C(=O)NCc1ccccc1Cl. The normalized spacial score (nSPS) is 12.3. The van der Waals surface area contributed by atoms with E-state index in [-0.39, 0.29) is 17.0 Å². The maximum atomic E-state index is 12.3. The molecular weight excluding hydrogens is 378 g/mol. The van der Waals surface area contributed by atoms with Crippen LogP contribution in [0.15, 0.2) is 53.4 Å². The number of amides is 1. The van der Waals surface area contributed by atoms with Gasteiger partial charge in [-0.15, -0.1) is 0 Å². The van der Waals surface area contributed by atoms with Crippen molar-refractivity contribution in [2.45, 2.75) is 24.5 Å². The molecule has 0 fully saturated rings. The van der Waals surface area contributed by atoms with Crippen LogP contribution in [0.3, 0.4) is 0 Å². The molecule has 0 aliphatic carbocycles. The van der Waals surface area contributed by atoms with Crippen molar-refractivity contribution >= 4 is 33.3 Å². The zero-order valence-electron chi connectivity index (χ0n) is 14.2. The second-order valence-electron chi connectivity index (χ2n) is 5.63. The Kier molecular flexibility index (Phi) is 6.39. The van der Waals surface area contributed by atoms with Crippen LogP contribution in [0.5, 0.6) is 0 Å². The first-order valence-electron chi connectivity index (χ1n) is 7.71. The van der Waals surface area contributed by atoms with Gasteiger partial charge in [-0.25, -0.2) is 13.2 Å². The highest BCUT2D eigenvalue weighted by Gasteiger charge is 2.23. The van der Waals surface area contributed by atoms with Crippen molar-refractivity contribution < 1.29 is 22.7 Å². The first-order chi connectivity index (χ1) is 12.2. The van der Waals surface area contributed by atoms with Gasteiger partial charge >= 0.3 is 5.97 Å². The van der Waals surface area contributed by atoms with E-state index < -0.39 is 27.8 Å². The molecule has 0 radical (unpaired) electrons. The summed E-state index contributed by atoms with van der Waals surface area (Å²) in [6, 6.07) is 12.7. The summed E-state index contributed by atoms with van der Waals surface area (Å²) >= 11 is 6.02. The highest BCUT2D eigenvalue weighted by molar-refractivity contribution is 7.90. The monoisotopic (exact) mass is 395 g/mol. The molecule has 2 rings (SSSR count). The summed E-state index contributed by atoms with van der Waals surface area (Å²) < 4.78 is 28.6. The van der Waals surface area contributed by atoms with Crippen LogP contribution in [-0.2, 0) is 25.9 Å². The maximum Gasteiger partial charge on any atom is 0.340 e. The Labute approximate surface area is 157 Å². The Bertz CT molecular complexity index is 927. The van der Waals surface area contributed by atoms with E-state index in [2.05, 4.69) is 5.32 Å². The zero-order valence-corrected chi connectivity index (χ0v) is 15.8. The fraction of sp³-hybridized carbons (Fsp3) is 0.222. The average molecular weight is 396 g/mol. The smallest absolute Gasteiger partial charge is 0.340 e. The van der Waals surface area contributed by atoms with E-state index in [4.69, 9.17) is 16.3 Å². The van der Waals surface area contributed by atoms with E-state index in [0.29, 0.717) is 5.02 Å². The van der Waals surface area contributed by atoms with Gasteiger partial charge in [0.2, 0.25) is 0 Å². The van der Waals surface area contributed by atoms with Gasteiger partial charge in [0.25, 0.3) is 5.91 Å². The minimum Gasteiger partial charge on any atom is -0.449 e. The van der Waals surface area contributed by atoms with Crippen LogP contribution in [0.4, 0.5) is 0 Å². The van der Waals surface area contributed by atoms with Crippen molar-refractivity contribution in [1.29, 1.82) is 0 Å². The summed E-state index contributed by atoms with van der Waals surface area (Å²) in [4.78, 5) is 24.2. The number of ether oxygens (including phenoxy) is 1. The van der Waals surface area contributed by atoms with Gasteiger partial charge in [-0.05, 0) is 30.7 Å². The Balaban J connectivity index is 2.03. The van der Waals surface area contributed by atoms with E-state index in [1.165, 1.54) is 31.2 Å². The number of benzene rings is 2. The van der Waals surface area contributed by atoms with Crippen molar-refractivity contribution in [2.75, 3.05) is 6.26 Å². The number of hydrogen-bond acceptors (Lipinski definition) is 5. The van der Waals surface area contributed by atoms with Crippen LogP contribution in [-0.4, -0.2) is 32.7 Å². The standard InChI is InChI=1S/C18H18ClNO5S/c1-12(17(21)20-11-13-7-3-5-9-15(13)19)25-18(22)14-8-4-6-10-16(14)26(2,23)24/h3-10,12H,11H2,1-2H3,(H,20,21)/t12-/m1/s1. The lowest BCUT2D eigenvalue weighted by atomic mass is 10.2. The lowest BCUT2D eigenvalue weighted by Crippen LogP contribution is -2.35. The summed E-state index contributed by atoms with van der Waals surface area (Å²) in [6.07, 6.45) is -0.101. The molecule has 0 unspecified atom stereocenters. The average Bonchev–Trinajstić information content (AvgIpc) is 2.60. The Morgan fingerprint density at radius 1 is 1.12 bits per heavy atom. The summed E-state index contributed by atoms with van der Waals surface area (Å²) in [7, 11) is -3.60. The molecule has 138 valence electrons. The molecular formula is C18H18ClNO5S. The van der Waals surface area contributed by atoms with E-state index in [1.54, 1.807) is 24.3 Å². The zero-order chi connectivity index (χ0) is 19.3. The molecule has 0 aromatic heterocycles. The molecule has 2 aromatic rings. The number of sulfone groups is 1. The maximum absolute atomic E-state index is 12.3. The van der Waals surface area contributed by atoms with Crippen LogP contribution in [0.1, 0.15) is 22.8 Å². The molecule has 0 saturated heterocycles. The van der Waals surface area contributed by atoms with E-state index in [9.17, 15) is 18.0 Å². The van der Waals surface area contributed by atoms with Gasteiger partial charge in [-0.2, -0.15) is 0 Å². The Morgan fingerprint density at radius 3 is 2.38 bits per heavy atom. The van der Waals surface area contributed by atoms with Crippen molar-refractivity contribution in [2.24, 2.45) is 0 Å². The summed E-state index contributed by atoms with van der Waals surface area (Å²) in [6.45, 7) is 1.59. The summed E-state index contributed by atoms with van der Waals surface area (Å²) in [5, 5.41) is 3.14. The topological polar surface area (TPSA) is 89.5 Å². The third-order valence-corrected chi connectivity index (χ3v) is 5.09. The van der Waals surface area contributed by atoms with Gasteiger partial charge in [0.1, 0.15) is 0 Å². The molecule has 0 aliphatic heterocycles. The van der Waals surface area contributed by atoms with E-state index in [0.717, 1.165) is 11.8 Å². The van der Waals surface area contributed by atoms with Crippen molar-refractivity contribution in [3.05, 3.63) is 64.7 Å². The Hall–Kier alpha value is -2.38. The molecule has 1 amide bonds. The van der Waals surface area contributed by atoms with Crippen molar-refractivity contribution in [3.63, 3.8) is 0 Å². The van der Waals surface area contributed by atoms with Gasteiger partial charge in [-0.3, -0.25) is 4.79 Å². The van der Waals surface area contributed by atoms with Gasteiger partial charge < -0.3 is 10.1 Å². The molecule has 8 heteroatoms. The van der Waals surface area contributed by atoms with Crippen LogP contribution in [0.2, 0.25) is 5.02 Å². The second-order valence-corrected chi connectivity index (χ2v) is 8.02. The number of hydrogen-bond donors (Lipinski definition) is 1. The second kappa shape index (κ2) is 8.33. The number of halogens is 1. The molecule has 0 spiro atoms. The molecule has 2 aromatic carbocycles. The summed E-state index contributed by atoms with van der Waals surface area (Å²) in [5.41, 5.74) is 0.615. The van der Waals surface area contributed by atoms with Crippen molar-refractivity contribution in [1.82, 2.24) is 5.32 Å². The molecule has 0 heterocycles. The number of rotatable bonds is 6. The summed E-state index contributed by atoms with van der Waals surface area (Å²) in [5.74, 6) is -1.40. The molecule has 6 nitrogen and oxygen atoms in total. The van der Waals surface area contributed by atoms with Crippen LogP contribution in [0.25, 0.3) is 0 Å². The minimum absolute atomic E-state index is 0.110. The lowest BCUT2D eigenvalue weighted by Gasteiger charge is -2.15. The van der Waals surface area contributed by atoms with E-state index >= 15 is 0 Å². The quantitative estimate of drug-likeness (QED) is 0.759.